The molecule has 1 heteroatoms. The van der Waals surface area contributed by atoms with Crippen molar-refractivity contribution < 1.29 is 5.11 Å². The molecule has 3 rings (SSSR count). The van der Waals surface area contributed by atoms with Gasteiger partial charge in [-0.2, -0.15) is 0 Å². The molecular formula is C10H12O. The van der Waals surface area contributed by atoms with Crippen LogP contribution in [0.2, 0.25) is 0 Å². The number of hydrogen-bond acceptors (Lipinski definition) is 1. The summed E-state index contributed by atoms with van der Waals surface area (Å²) in [5.74, 6) is 2.53. The molecule has 3 aliphatic carbocycles. The van der Waals surface area contributed by atoms with Crippen LogP contribution in [0, 0.1) is 23.7 Å². The number of aliphatic hydroxyl groups excluding tert-OH is 1. The predicted octanol–water partition coefficient (Wildman–Crippen LogP) is 1.36. The van der Waals surface area contributed by atoms with Crippen LogP contribution in [0.5, 0.6) is 0 Å². The van der Waals surface area contributed by atoms with Gasteiger partial charge in [-0.25, -0.2) is 0 Å². The van der Waals surface area contributed by atoms with Crippen LogP contribution in [-0.2, 0) is 0 Å². The molecule has 5 atom stereocenters. The maximum Gasteiger partial charge on any atom is 0.0611 e. The Morgan fingerprint density at radius 1 is 1.09 bits per heavy atom. The second-order valence-electron chi connectivity index (χ2n) is 3.97. The summed E-state index contributed by atoms with van der Waals surface area (Å²) in [4.78, 5) is 0. The average molecular weight is 148 g/mol. The van der Waals surface area contributed by atoms with Crippen molar-refractivity contribution in [1.82, 2.24) is 0 Å². The maximum absolute atomic E-state index is 9.64. The fraction of sp³-hybridized carbons (Fsp3) is 0.600. The van der Waals surface area contributed by atoms with E-state index in [2.05, 4.69) is 24.3 Å². The molecule has 3 aliphatic rings. The van der Waals surface area contributed by atoms with Crippen LogP contribution in [0.15, 0.2) is 24.3 Å². The van der Waals surface area contributed by atoms with Gasteiger partial charge in [0.2, 0.25) is 0 Å². The summed E-state index contributed by atoms with van der Waals surface area (Å²) in [5, 5.41) is 9.64. The smallest absolute Gasteiger partial charge is 0.0611 e. The molecule has 11 heavy (non-hydrogen) atoms. The molecule has 0 amide bonds. The highest BCUT2D eigenvalue weighted by Gasteiger charge is 2.47. The first-order chi connectivity index (χ1) is 5.36. The molecular weight excluding hydrogens is 136 g/mol. The van der Waals surface area contributed by atoms with Gasteiger partial charge < -0.3 is 5.11 Å². The van der Waals surface area contributed by atoms with E-state index < -0.39 is 0 Å². The quantitative estimate of drug-likeness (QED) is 0.514. The molecule has 0 aromatic carbocycles. The van der Waals surface area contributed by atoms with Gasteiger partial charge in [-0.3, -0.25) is 0 Å². The van der Waals surface area contributed by atoms with E-state index in [4.69, 9.17) is 0 Å². The summed E-state index contributed by atoms with van der Waals surface area (Å²) in [6, 6.07) is 0. The van der Waals surface area contributed by atoms with Crippen molar-refractivity contribution in [2.45, 2.75) is 12.5 Å². The SMILES string of the molecule is O[C@@H]1C[C@H]2C=C[C@@H]3C=C[C@H]1[C@@H]32. The molecule has 1 saturated carbocycles. The molecule has 1 fully saturated rings. The van der Waals surface area contributed by atoms with Gasteiger partial charge in [-0.1, -0.05) is 24.3 Å². The number of hydrogen-bond donors (Lipinski definition) is 1. The van der Waals surface area contributed by atoms with E-state index in [-0.39, 0.29) is 6.10 Å². The van der Waals surface area contributed by atoms with Gasteiger partial charge in [-0.05, 0) is 24.2 Å². The second kappa shape index (κ2) is 1.78. The topological polar surface area (TPSA) is 20.2 Å². The normalized spacial score (nSPS) is 57.4. The number of rotatable bonds is 0. The van der Waals surface area contributed by atoms with Crippen molar-refractivity contribution in [2.75, 3.05) is 0 Å². The predicted molar refractivity (Wildman–Crippen MR) is 42.9 cm³/mol. The van der Waals surface area contributed by atoms with Crippen molar-refractivity contribution in [2.24, 2.45) is 23.7 Å². The zero-order valence-corrected chi connectivity index (χ0v) is 6.35. The molecule has 0 unspecified atom stereocenters. The molecule has 0 aliphatic heterocycles. The van der Waals surface area contributed by atoms with E-state index in [1.165, 1.54) is 0 Å². The molecule has 0 radical (unpaired) electrons. The third-order valence-corrected chi connectivity index (χ3v) is 3.48. The Morgan fingerprint density at radius 2 is 1.91 bits per heavy atom. The first-order valence-electron chi connectivity index (χ1n) is 4.41. The average Bonchev–Trinajstić information content (AvgIpc) is 2.53. The van der Waals surface area contributed by atoms with Crippen LogP contribution >= 0.6 is 0 Å². The molecule has 58 valence electrons. The van der Waals surface area contributed by atoms with Gasteiger partial charge in [-0.15, -0.1) is 0 Å². The van der Waals surface area contributed by atoms with Crippen LogP contribution in [0.25, 0.3) is 0 Å². The highest BCUT2D eigenvalue weighted by Crippen LogP contribution is 2.51. The third-order valence-electron chi connectivity index (χ3n) is 3.48. The molecule has 0 heterocycles. The molecule has 0 aromatic heterocycles. The lowest BCUT2D eigenvalue weighted by atomic mass is 9.90. The van der Waals surface area contributed by atoms with Gasteiger partial charge in [0.05, 0.1) is 6.10 Å². The molecule has 1 nitrogen and oxygen atoms in total. The Bertz CT molecular complexity index is 241. The Labute approximate surface area is 66.4 Å². The van der Waals surface area contributed by atoms with Crippen LogP contribution in [0.1, 0.15) is 6.42 Å². The van der Waals surface area contributed by atoms with Gasteiger partial charge in [0, 0.05) is 5.92 Å². The fourth-order valence-corrected chi connectivity index (χ4v) is 2.99. The summed E-state index contributed by atoms with van der Waals surface area (Å²) in [7, 11) is 0. The van der Waals surface area contributed by atoms with Crippen molar-refractivity contribution in [1.29, 1.82) is 0 Å². The van der Waals surface area contributed by atoms with E-state index in [1.54, 1.807) is 0 Å². The van der Waals surface area contributed by atoms with Gasteiger partial charge in [0.1, 0.15) is 0 Å². The molecule has 0 aromatic rings. The summed E-state index contributed by atoms with van der Waals surface area (Å²) in [6.45, 7) is 0. The van der Waals surface area contributed by atoms with Crippen LogP contribution in [0.4, 0.5) is 0 Å². The second-order valence-corrected chi connectivity index (χ2v) is 3.97. The summed E-state index contributed by atoms with van der Waals surface area (Å²) in [6.07, 6.45) is 10.0. The van der Waals surface area contributed by atoms with Gasteiger partial charge >= 0.3 is 0 Å². The fourth-order valence-electron chi connectivity index (χ4n) is 2.99. The first kappa shape index (κ1) is 6.01. The lowest BCUT2D eigenvalue weighted by Crippen LogP contribution is -2.15. The Kier molecular flexibility index (Phi) is 0.972. The Morgan fingerprint density at radius 3 is 2.82 bits per heavy atom. The van der Waals surface area contributed by atoms with Crippen molar-refractivity contribution in [3.05, 3.63) is 24.3 Å². The minimum atomic E-state index is -0.0591. The Balaban J connectivity index is 2.04. The minimum Gasteiger partial charge on any atom is -0.392 e. The first-order valence-corrected chi connectivity index (χ1v) is 4.41. The highest BCUT2D eigenvalue weighted by molar-refractivity contribution is 5.26. The zero-order valence-electron chi connectivity index (χ0n) is 6.35. The highest BCUT2D eigenvalue weighted by atomic mass is 16.3. The van der Waals surface area contributed by atoms with E-state index in [9.17, 15) is 5.11 Å². The Hall–Kier alpha value is -0.560. The van der Waals surface area contributed by atoms with E-state index >= 15 is 0 Å². The molecule has 1 N–H and O–H groups in total. The van der Waals surface area contributed by atoms with Crippen molar-refractivity contribution in [3.8, 4) is 0 Å². The van der Waals surface area contributed by atoms with Crippen LogP contribution in [0.3, 0.4) is 0 Å². The summed E-state index contributed by atoms with van der Waals surface area (Å²) >= 11 is 0. The standard InChI is InChI=1S/C10H12O/c11-9-5-7-2-1-6-3-4-8(9)10(6)7/h1-4,6-11H,5H2/t6-,7-,8-,9-,10+/m1/s1. The molecule has 0 spiro atoms. The largest absolute Gasteiger partial charge is 0.392 e. The summed E-state index contributed by atoms with van der Waals surface area (Å²) in [5.41, 5.74) is 0. The van der Waals surface area contributed by atoms with Crippen LogP contribution < -0.4 is 0 Å². The molecule has 0 saturated heterocycles. The number of aliphatic hydroxyl groups is 1. The zero-order chi connectivity index (χ0) is 7.42. The lowest BCUT2D eigenvalue weighted by Gasteiger charge is -2.14. The molecule has 0 bridgehead atoms. The van der Waals surface area contributed by atoms with Crippen LogP contribution in [-0.4, -0.2) is 11.2 Å². The van der Waals surface area contributed by atoms with Gasteiger partial charge in [0.25, 0.3) is 0 Å². The minimum absolute atomic E-state index is 0.0591. The van der Waals surface area contributed by atoms with Crippen molar-refractivity contribution >= 4 is 0 Å². The van der Waals surface area contributed by atoms with Crippen molar-refractivity contribution in [3.63, 3.8) is 0 Å². The van der Waals surface area contributed by atoms with E-state index in [0.29, 0.717) is 17.8 Å². The van der Waals surface area contributed by atoms with E-state index in [1.807, 2.05) is 0 Å². The lowest BCUT2D eigenvalue weighted by molar-refractivity contribution is 0.142. The third kappa shape index (κ3) is 0.603. The van der Waals surface area contributed by atoms with E-state index in [0.717, 1.165) is 12.3 Å². The van der Waals surface area contributed by atoms with Gasteiger partial charge in [0.15, 0.2) is 0 Å². The summed E-state index contributed by atoms with van der Waals surface area (Å²) < 4.78 is 0. The monoisotopic (exact) mass is 148 g/mol. The number of allylic oxidation sites excluding steroid dienone is 3. The maximum atomic E-state index is 9.64.